The van der Waals surface area contributed by atoms with Gasteiger partial charge in [0.1, 0.15) is 6.10 Å². The molecule has 5 nitrogen and oxygen atoms in total. The highest BCUT2D eigenvalue weighted by molar-refractivity contribution is 14.1. The molecule has 0 amide bonds. The van der Waals surface area contributed by atoms with Crippen LogP contribution >= 0.6 is 22.6 Å². The fourth-order valence-corrected chi connectivity index (χ4v) is 13.2. The molecule has 0 N–H and O–H groups in total. The average molecular weight is 703 g/mol. The van der Waals surface area contributed by atoms with Gasteiger partial charge in [0.25, 0.3) is 0 Å². The first-order chi connectivity index (χ1) is 19.4. The van der Waals surface area contributed by atoms with E-state index in [2.05, 4.69) is 84.2 Å². The molecule has 0 spiro atoms. The quantitative estimate of drug-likeness (QED) is 0.0694. The number of allylic oxidation sites excluding steroid dienone is 1. The van der Waals surface area contributed by atoms with Crippen molar-refractivity contribution in [3.63, 3.8) is 0 Å². The summed E-state index contributed by atoms with van der Waals surface area (Å²) in [6.07, 6.45) is 12.8. The van der Waals surface area contributed by atoms with Crippen LogP contribution in [0.1, 0.15) is 107 Å². The van der Waals surface area contributed by atoms with Crippen molar-refractivity contribution in [2.24, 2.45) is 11.8 Å². The first-order valence-corrected chi connectivity index (χ1v) is 19.4. The summed E-state index contributed by atoms with van der Waals surface area (Å²) in [4.78, 5) is 13.2. The predicted molar refractivity (Wildman–Crippen MR) is 182 cm³/mol. The lowest BCUT2D eigenvalue weighted by molar-refractivity contribution is -0.160. The lowest BCUT2D eigenvalue weighted by Gasteiger charge is -2.47. The Kier molecular flexibility index (Phi) is 15.9. The molecule has 2 fully saturated rings. The molecule has 2 aliphatic heterocycles. The normalized spacial score (nSPS) is 28.1. The Bertz CT molecular complexity index is 821. The zero-order chi connectivity index (χ0) is 30.7. The molecule has 0 bridgehead atoms. The van der Waals surface area contributed by atoms with Crippen molar-refractivity contribution in [3.8, 4) is 0 Å². The number of carbonyl (C=O) groups excluding carboxylic acids is 1. The second kappa shape index (κ2) is 17.7. The Labute approximate surface area is 266 Å². The van der Waals surface area contributed by atoms with Crippen LogP contribution in [-0.2, 0) is 23.4 Å². The smallest absolute Gasteiger partial charge is 0.309 e. The van der Waals surface area contributed by atoms with Crippen LogP contribution in [-0.4, -0.2) is 50.9 Å². The predicted octanol–water partition coefficient (Wildman–Crippen LogP) is 9.71. The molecule has 2 saturated heterocycles. The maximum Gasteiger partial charge on any atom is 0.309 e. The molecule has 41 heavy (non-hydrogen) atoms. The molecule has 0 aromatic carbocycles. The van der Waals surface area contributed by atoms with Gasteiger partial charge >= 0.3 is 5.97 Å². The summed E-state index contributed by atoms with van der Waals surface area (Å²) in [5.41, 5.74) is 1.51. The van der Waals surface area contributed by atoms with Crippen molar-refractivity contribution in [2.45, 2.75) is 160 Å². The fourth-order valence-electron chi connectivity index (χ4n) is 7.19. The Balaban J connectivity index is 2.22. The molecule has 4 unspecified atom stereocenters. The second-order valence-electron chi connectivity index (χ2n) is 13.5. The van der Waals surface area contributed by atoms with E-state index in [9.17, 15) is 4.79 Å². The van der Waals surface area contributed by atoms with Crippen molar-refractivity contribution in [1.82, 2.24) is 0 Å². The van der Waals surface area contributed by atoms with Crippen LogP contribution in [0.25, 0.3) is 0 Å². The van der Waals surface area contributed by atoms with Gasteiger partial charge in [0.2, 0.25) is 8.32 Å². The highest BCUT2D eigenvalue weighted by Gasteiger charge is 2.48. The van der Waals surface area contributed by atoms with E-state index in [1.807, 2.05) is 29.2 Å². The SMILES string of the molecule is C=C[C@H](C)C[C@H]1CCCC(C[C@H]2CC(O[Si](C(C)C)(C(C)C)C(C)C)CC(CC(=O)OC(/C=C/I)[C@@H](C)C=C)O2)O1. The summed E-state index contributed by atoms with van der Waals surface area (Å²) < 4.78 is 28.3. The van der Waals surface area contributed by atoms with Gasteiger partial charge in [-0.25, -0.2) is 0 Å². The second-order valence-corrected chi connectivity index (χ2v) is 19.6. The van der Waals surface area contributed by atoms with E-state index in [-0.39, 0.29) is 54.9 Å². The summed E-state index contributed by atoms with van der Waals surface area (Å²) in [6, 6.07) is 0. The number of rotatable bonds is 16. The lowest BCUT2D eigenvalue weighted by atomic mass is 9.91. The van der Waals surface area contributed by atoms with E-state index < -0.39 is 8.32 Å². The van der Waals surface area contributed by atoms with E-state index in [1.165, 1.54) is 6.42 Å². The monoisotopic (exact) mass is 702 g/mol. The Hall–Kier alpha value is -0.483. The van der Waals surface area contributed by atoms with Gasteiger partial charge in [0, 0.05) is 5.92 Å². The summed E-state index contributed by atoms with van der Waals surface area (Å²) in [5.74, 6) is 0.264. The van der Waals surface area contributed by atoms with Crippen LogP contribution in [0.2, 0.25) is 16.6 Å². The third kappa shape index (κ3) is 10.9. The lowest BCUT2D eigenvalue weighted by Crippen LogP contribution is -2.53. The molecule has 0 aromatic heterocycles. The molecule has 0 aromatic rings. The Morgan fingerprint density at radius 2 is 1.49 bits per heavy atom. The topological polar surface area (TPSA) is 54.0 Å². The molecule has 8 atom stereocenters. The molecule has 2 rings (SSSR count). The maximum atomic E-state index is 13.2. The summed E-state index contributed by atoms with van der Waals surface area (Å²) in [6.45, 7) is 26.1. The number of halogens is 1. The first-order valence-electron chi connectivity index (χ1n) is 16.1. The van der Waals surface area contributed by atoms with Crippen LogP contribution in [0.15, 0.2) is 35.5 Å². The minimum atomic E-state index is -2.09. The van der Waals surface area contributed by atoms with Gasteiger partial charge in [-0.05, 0) is 77.6 Å². The van der Waals surface area contributed by atoms with Crippen LogP contribution in [0.3, 0.4) is 0 Å². The summed E-state index contributed by atoms with van der Waals surface area (Å²) in [7, 11) is -2.09. The molecule has 2 aliphatic rings. The third-order valence-corrected chi connectivity index (χ3v) is 15.9. The van der Waals surface area contributed by atoms with Crippen molar-refractivity contribution >= 4 is 36.9 Å². The maximum absolute atomic E-state index is 13.2. The van der Waals surface area contributed by atoms with Gasteiger partial charge in [0.05, 0.1) is 36.9 Å². The molecule has 0 aliphatic carbocycles. The molecular weight excluding hydrogens is 643 g/mol. The Morgan fingerprint density at radius 1 is 0.902 bits per heavy atom. The molecule has 0 saturated carbocycles. The minimum absolute atomic E-state index is 0.00227. The molecule has 2 heterocycles. The van der Waals surface area contributed by atoms with Crippen LogP contribution in [0.4, 0.5) is 0 Å². The number of carbonyl (C=O) groups is 1. The summed E-state index contributed by atoms with van der Waals surface area (Å²) in [5, 5.41) is 0. The van der Waals surface area contributed by atoms with E-state index in [0.717, 1.165) is 38.5 Å². The molecule has 7 heteroatoms. The van der Waals surface area contributed by atoms with E-state index in [1.54, 1.807) is 0 Å². The molecular formula is C34H59IO5Si. The first kappa shape index (κ1) is 36.7. The molecule has 236 valence electrons. The highest BCUT2D eigenvalue weighted by atomic mass is 127. The standard InChI is InChI=1S/C34H59IO5Si/c1-11-26(9)18-28-14-13-15-29(37-28)19-30-20-32(40-41(23(3)4,24(5)6)25(7)8)21-31(38-30)22-34(36)39-33(16-17-35)27(10)12-2/h11-12,16-17,23-33H,1-2,13-15,18-22H2,3-10H3/b17-16+/t26-,27-,28+,29?,30-,31?,32?,33?/m0/s1. The zero-order valence-corrected chi connectivity index (χ0v) is 30.3. The Morgan fingerprint density at radius 3 is 2.05 bits per heavy atom. The van der Waals surface area contributed by atoms with Crippen LogP contribution in [0.5, 0.6) is 0 Å². The number of ether oxygens (including phenoxy) is 3. The van der Waals surface area contributed by atoms with Crippen molar-refractivity contribution < 1.29 is 23.4 Å². The van der Waals surface area contributed by atoms with E-state index in [0.29, 0.717) is 22.5 Å². The van der Waals surface area contributed by atoms with Crippen molar-refractivity contribution in [2.75, 3.05) is 0 Å². The van der Waals surface area contributed by atoms with Gasteiger partial charge in [0.15, 0.2) is 0 Å². The number of hydrogen-bond donors (Lipinski definition) is 0. The minimum Gasteiger partial charge on any atom is -0.457 e. The van der Waals surface area contributed by atoms with Gasteiger partial charge in [-0.3, -0.25) is 4.79 Å². The zero-order valence-electron chi connectivity index (χ0n) is 27.2. The average Bonchev–Trinajstić information content (AvgIpc) is 2.90. The van der Waals surface area contributed by atoms with Gasteiger partial charge in [-0.15, -0.1) is 13.2 Å². The largest absolute Gasteiger partial charge is 0.457 e. The van der Waals surface area contributed by atoms with Crippen LogP contribution in [0, 0.1) is 11.8 Å². The summed E-state index contributed by atoms with van der Waals surface area (Å²) >= 11 is 2.16. The third-order valence-electron chi connectivity index (χ3n) is 9.33. The van der Waals surface area contributed by atoms with Crippen molar-refractivity contribution in [3.05, 3.63) is 35.5 Å². The van der Waals surface area contributed by atoms with Crippen molar-refractivity contribution in [1.29, 1.82) is 0 Å². The number of hydrogen-bond acceptors (Lipinski definition) is 5. The number of esters is 1. The van der Waals surface area contributed by atoms with Gasteiger partial charge in [-0.1, -0.05) is 90.1 Å². The van der Waals surface area contributed by atoms with Crippen LogP contribution < -0.4 is 0 Å². The fraction of sp³-hybridized carbons (Fsp3) is 0.794. The van der Waals surface area contributed by atoms with E-state index >= 15 is 0 Å². The van der Waals surface area contributed by atoms with E-state index in [4.69, 9.17) is 18.6 Å². The molecule has 0 radical (unpaired) electrons. The van der Waals surface area contributed by atoms with Gasteiger partial charge < -0.3 is 18.6 Å². The highest BCUT2D eigenvalue weighted by Crippen LogP contribution is 2.45. The van der Waals surface area contributed by atoms with Gasteiger partial charge in [-0.2, -0.15) is 0 Å².